The molecule has 0 spiro atoms. The van der Waals surface area contributed by atoms with Crippen molar-refractivity contribution in [3.05, 3.63) is 108 Å². The van der Waals surface area contributed by atoms with E-state index in [0.29, 0.717) is 18.4 Å². The van der Waals surface area contributed by atoms with Crippen molar-refractivity contribution in [3.63, 3.8) is 0 Å². The summed E-state index contributed by atoms with van der Waals surface area (Å²) in [6.45, 7) is 0.205. The van der Waals surface area contributed by atoms with Gasteiger partial charge in [-0.3, -0.25) is 4.98 Å². The van der Waals surface area contributed by atoms with Gasteiger partial charge in [-0.05, 0) is 35.2 Å². The zero-order chi connectivity index (χ0) is 22.1. The topological polar surface area (TPSA) is 70.5 Å². The zero-order valence-electron chi connectivity index (χ0n) is 17.5. The lowest BCUT2D eigenvalue weighted by Crippen LogP contribution is -2.47. The van der Waals surface area contributed by atoms with Gasteiger partial charge in [-0.25, -0.2) is 8.42 Å². The van der Waals surface area contributed by atoms with Gasteiger partial charge >= 0.3 is 0 Å². The Bertz CT molecular complexity index is 1350. The number of rotatable bonds is 4. The van der Waals surface area contributed by atoms with Gasteiger partial charge in [-0.1, -0.05) is 72.8 Å². The molecule has 0 bridgehead atoms. The number of hydrogen-bond donors (Lipinski definition) is 1. The van der Waals surface area contributed by atoms with Gasteiger partial charge < -0.3 is 5.11 Å². The number of benzene rings is 3. The Hall–Kier alpha value is -3.06. The maximum Gasteiger partial charge on any atom is 0.245 e. The minimum atomic E-state index is -3.95. The lowest BCUT2D eigenvalue weighted by Gasteiger charge is -2.32. The van der Waals surface area contributed by atoms with Crippen LogP contribution in [0.25, 0.3) is 10.9 Å². The number of nitrogens with zero attached hydrogens (tertiary/aromatic N) is 2. The molecular weight excluding hydrogens is 420 g/mol. The summed E-state index contributed by atoms with van der Waals surface area (Å²) in [6, 6.07) is 25.7. The highest BCUT2D eigenvalue weighted by molar-refractivity contribution is 7.89. The summed E-state index contributed by atoms with van der Waals surface area (Å²) >= 11 is 0. The molecule has 0 fully saturated rings. The minimum Gasteiger partial charge on any atom is -0.391 e. The Labute approximate surface area is 188 Å². The standard InChI is InChI=1S/C26H24N2O3S/c29-24-17-21-10-4-5-11-22(21)18-28(23(24)16-19-8-2-1-3-9-19)32(30,31)25-14-6-12-20-13-7-15-27-26(20)25/h1-15,23-24,29H,16-18H2. The smallest absolute Gasteiger partial charge is 0.245 e. The van der Waals surface area contributed by atoms with Crippen LogP contribution in [0.4, 0.5) is 0 Å². The first-order valence-electron chi connectivity index (χ1n) is 10.7. The summed E-state index contributed by atoms with van der Waals surface area (Å²) in [7, 11) is -3.95. The molecule has 32 heavy (non-hydrogen) atoms. The van der Waals surface area contributed by atoms with Gasteiger partial charge in [0.2, 0.25) is 10.0 Å². The molecule has 0 saturated carbocycles. The Morgan fingerprint density at radius 2 is 1.59 bits per heavy atom. The normalized spacial score (nSPS) is 19.4. The summed E-state index contributed by atoms with van der Waals surface area (Å²) in [5.74, 6) is 0. The van der Waals surface area contributed by atoms with E-state index in [1.54, 1.807) is 24.4 Å². The van der Waals surface area contributed by atoms with Crippen LogP contribution in [0.2, 0.25) is 0 Å². The Morgan fingerprint density at radius 3 is 2.41 bits per heavy atom. The van der Waals surface area contributed by atoms with Crippen LogP contribution in [0.5, 0.6) is 0 Å². The van der Waals surface area contributed by atoms with Crippen LogP contribution in [0.15, 0.2) is 96.0 Å². The van der Waals surface area contributed by atoms with Crippen molar-refractivity contribution in [2.24, 2.45) is 0 Å². The van der Waals surface area contributed by atoms with E-state index in [2.05, 4.69) is 4.98 Å². The number of aliphatic hydroxyl groups is 1. The molecule has 1 aromatic heterocycles. The van der Waals surface area contributed by atoms with Gasteiger partial charge in [0, 0.05) is 24.5 Å². The van der Waals surface area contributed by atoms with Gasteiger partial charge in [0.25, 0.3) is 0 Å². The average molecular weight is 445 g/mol. The van der Waals surface area contributed by atoms with Crippen molar-refractivity contribution in [2.45, 2.75) is 36.4 Å². The van der Waals surface area contributed by atoms with E-state index in [9.17, 15) is 13.5 Å². The quantitative estimate of drug-likeness (QED) is 0.517. The van der Waals surface area contributed by atoms with Crippen LogP contribution < -0.4 is 0 Å². The third-order valence-electron chi connectivity index (χ3n) is 6.16. The molecule has 5 nitrogen and oxygen atoms in total. The monoisotopic (exact) mass is 444 g/mol. The Balaban J connectivity index is 1.66. The van der Waals surface area contributed by atoms with Crippen LogP contribution in [0.3, 0.4) is 0 Å². The highest BCUT2D eigenvalue weighted by Gasteiger charge is 2.39. The molecule has 1 aliphatic rings. The van der Waals surface area contributed by atoms with E-state index < -0.39 is 22.2 Å². The molecule has 162 valence electrons. The number of aromatic nitrogens is 1. The first-order chi connectivity index (χ1) is 15.5. The average Bonchev–Trinajstić information content (AvgIpc) is 2.96. The number of hydrogen-bond acceptors (Lipinski definition) is 4. The first-order valence-corrected chi connectivity index (χ1v) is 12.1. The molecule has 4 aromatic rings. The molecule has 2 unspecified atom stereocenters. The Kier molecular flexibility index (Phi) is 5.51. The summed E-state index contributed by atoms with van der Waals surface area (Å²) < 4.78 is 29.6. The van der Waals surface area contributed by atoms with Crippen LogP contribution in [0.1, 0.15) is 16.7 Å². The van der Waals surface area contributed by atoms with E-state index in [4.69, 9.17) is 0 Å². The second-order valence-corrected chi connectivity index (χ2v) is 10.0. The molecular formula is C26H24N2O3S. The SMILES string of the molecule is O=S(=O)(c1cccc2cccnc12)N1Cc2ccccc2CC(O)C1Cc1ccccc1. The molecule has 1 aliphatic heterocycles. The molecule has 1 N–H and O–H groups in total. The van der Waals surface area contributed by atoms with Crippen LogP contribution in [-0.2, 0) is 29.4 Å². The molecule has 5 rings (SSSR count). The predicted molar refractivity (Wildman–Crippen MR) is 125 cm³/mol. The summed E-state index contributed by atoms with van der Waals surface area (Å²) in [5, 5.41) is 12.0. The highest BCUT2D eigenvalue weighted by Crippen LogP contribution is 2.32. The third-order valence-corrected chi connectivity index (χ3v) is 8.06. The van der Waals surface area contributed by atoms with Crippen molar-refractivity contribution < 1.29 is 13.5 Å². The second-order valence-electron chi connectivity index (χ2n) is 8.18. The van der Waals surface area contributed by atoms with Crippen LogP contribution in [-0.4, -0.2) is 35.0 Å². The van der Waals surface area contributed by atoms with Crippen LogP contribution >= 0.6 is 0 Å². The van der Waals surface area contributed by atoms with Gasteiger partial charge in [0.05, 0.1) is 17.7 Å². The van der Waals surface area contributed by atoms with E-state index >= 15 is 0 Å². The first kappa shape index (κ1) is 20.8. The molecule has 0 aliphatic carbocycles. The molecule has 0 saturated heterocycles. The number of aliphatic hydroxyl groups excluding tert-OH is 1. The molecule has 2 atom stereocenters. The number of para-hydroxylation sites is 1. The van der Waals surface area contributed by atoms with Gasteiger partial charge in [-0.15, -0.1) is 0 Å². The van der Waals surface area contributed by atoms with Gasteiger partial charge in [-0.2, -0.15) is 4.31 Å². The van der Waals surface area contributed by atoms with E-state index in [0.717, 1.165) is 22.1 Å². The predicted octanol–water partition coefficient (Wildman–Crippen LogP) is 3.95. The van der Waals surface area contributed by atoms with Crippen molar-refractivity contribution in [2.75, 3.05) is 0 Å². The van der Waals surface area contributed by atoms with E-state index in [1.165, 1.54) is 4.31 Å². The second kappa shape index (κ2) is 8.47. The molecule has 0 amide bonds. The third kappa shape index (κ3) is 3.81. The summed E-state index contributed by atoms with van der Waals surface area (Å²) in [4.78, 5) is 4.54. The number of sulfonamides is 1. The van der Waals surface area contributed by atoms with E-state index in [1.807, 2.05) is 66.7 Å². The molecule has 0 radical (unpaired) electrons. The fourth-order valence-electron chi connectivity index (χ4n) is 4.52. The zero-order valence-corrected chi connectivity index (χ0v) is 18.3. The fourth-order valence-corrected chi connectivity index (χ4v) is 6.32. The largest absolute Gasteiger partial charge is 0.391 e. The Morgan fingerprint density at radius 1 is 0.875 bits per heavy atom. The fraction of sp³-hybridized carbons (Fsp3) is 0.192. The van der Waals surface area contributed by atoms with E-state index in [-0.39, 0.29) is 11.4 Å². The maximum absolute atomic E-state index is 14.1. The maximum atomic E-state index is 14.1. The lowest BCUT2D eigenvalue weighted by molar-refractivity contribution is 0.0926. The van der Waals surface area contributed by atoms with Crippen molar-refractivity contribution in [1.82, 2.24) is 9.29 Å². The summed E-state index contributed by atoms with van der Waals surface area (Å²) in [5.41, 5.74) is 3.32. The van der Waals surface area contributed by atoms with Crippen molar-refractivity contribution in [1.29, 1.82) is 0 Å². The molecule has 2 heterocycles. The molecule has 3 aromatic carbocycles. The summed E-state index contributed by atoms with van der Waals surface area (Å²) in [6.07, 6.45) is 1.60. The van der Waals surface area contributed by atoms with Crippen molar-refractivity contribution >= 4 is 20.9 Å². The molecule has 6 heteroatoms. The minimum absolute atomic E-state index is 0.167. The van der Waals surface area contributed by atoms with Crippen LogP contribution in [0, 0.1) is 0 Å². The van der Waals surface area contributed by atoms with Crippen molar-refractivity contribution in [3.8, 4) is 0 Å². The number of fused-ring (bicyclic) bond motifs is 2. The van der Waals surface area contributed by atoms with Gasteiger partial charge in [0.15, 0.2) is 0 Å². The lowest BCUT2D eigenvalue weighted by atomic mass is 9.97. The highest BCUT2D eigenvalue weighted by atomic mass is 32.2. The number of pyridine rings is 1. The van der Waals surface area contributed by atoms with Gasteiger partial charge in [0.1, 0.15) is 4.90 Å².